The molecule has 19 heavy (non-hydrogen) atoms. The van der Waals surface area contributed by atoms with Gasteiger partial charge in [-0.25, -0.2) is 4.98 Å². The van der Waals surface area contributed by atoms with Gasteiger partial charge in [0.05, 0.1) is 11.8 Å². The molecular weight excluding hydrogens is 256 g/mol. The van der Waals surface area contributed by atoms with E-state index in [0.717, 1.165) is 26.8 Å². The SMILES string of the molecule is COc1cccc2sc(N(C)c3ccccc3)nc12. The van der Waals surface area contributed by atoms with E-state index in [0.29, 0.717) is 0 Å². The van der Waals surface area contributed by atoms with Crippen LogP contribution in [0.4, 0.5) is 10.8 Å². The fraction of sp³-hybridized carbons (Fsp3) is 0.133. The Morgan fingerprint density at radius 3 is 2.58 bits per heavy atom. The average molecular weight is 270 g/mol. The normalized spacial score (nSPS) is 10.6. The highest BCUT2D eigenvalue weighted by molar-refractivity contribution is 7.22. The van der Waals surface area contributed by atoms with Crippen molar-refractivity contribution in [3.05, 3.63) is 48.5 Å². The molecule has 2 aromatic carbocycles. The lowest BCUT2D eigenvalue weighted by Crippen LogP contribution is -2.08. The van der Waals surface area contributed by atoms with Gasteiger partial charge in [0.1, 0.15) is 11.3 Å². The summed E-state index contributed by atoms with van der Waals surface area (Å²) in [6.07, 6.45) is 0. The number of thiazole rings is 1. The molecule has 3 aromatic rings. The number of aromatic nitrogens is 1. The maximum absolute atomic E-state index is 5.35. The Bertz CT molecular complexity index is 694. The Kier molecular flexibility index (Phi) is 3.09. The fourth-order valence-corrected chi connectivity index (χ4v) is 2.95. The molecule has 0 saturated heterocycles. The molecule has 0 aliphatic heterocycles. The van der Waals surface area contributed by atoms with E-state index in [1.165, 1.54) is 0 Å². The molecule has 3 nitrogen and oxygen atoms in total. The molecule has 0 aliphatic carbocycles. The van der Waals surface area contributed by atoms with Crippen LogP contribution in [0, 0.1) is 0 Å². The second kappa shape index (κ2) is 4.90. The lowest BCUT2D eigenvalue weighted by molar-refractivity contribution is 0.419. The van der Waals surface area contributed by atoms with Crippen LogP contribution in [-0.4, -0.2) is 19.1 Å². The second-order valence-electron chi connectivity index (χ2n) is 4.20. The van der Waals surface area contributed by atoms with Crippen LogP contribution in [-0.2, 0) is 0 Å². The van der Waals surface area contributed by atoms with Crippen molar-refractivity contribution in [2.24, 2.45) is 0 Å². The highest BCUT2D eigenvalue weighted by Crippen LogP contribution is 2.35. The maximum atomic E-state index is 5.35. The smallest absolute Gasteiger partial charge is 0.190 e. The molecular formula is C15H14N2OS. The van der Waals surface area contributed by atoms with E-state index in [9.17, 15) is 0 Å². The molecule has 0 spiro atoms. The third-order valence-electron chi connectivity index (χ3n) is 3.02. The number of methoxy groups -OCH3 is 1. The average Bonchev–Trinajstić information content (AvgIpc) is 2.91. The van der Waals surface area contributed by atoms with Gasteiger partial charge >= 0.3 is 0 Å². The molecule has 1 heterocycles. The summed E-state index contributed by atoms with van der Waals surface area (Å²) in [6, 6.07) is 16.2. The Morgan fingerprint density at radius 2 is 1.84 bits per heavy atom. The van der Waals surface area contributed by atoms with Crippen molar-refractivity contribution in [3.8, 4) is 5.75 Å². The zero-order valence-corrected chi connectivity index (χ0v) is 11.6. The van der Waals surface area contributed by atoms with E-state index in [1.807, 2.05) is 37.4 Å². The topological polar surface area (TPSA) is 25.4 Å². The van der Waals surface area contributed by atoms with E-state index in [-0.39, 0.29) is 0 Å². The number of para-hydroxylation sites is 2. The number of nitrogens with zero attached hydrogens (tertiary/aromatic N) is 2. The van der Waals surface area contributed by atoms with Gasteiger partial charge in [0.15, 0.2) is 5.13 Å². The minimum absolute atomic E-state index is 0.821. The number of ether oxygens (including phenoxy) is 1. The summed E-state index contributed by atoms with van der Waals surface area (Å²) in [5.41, 5.74) is 2.05. The molecule has 3 rings (SSSR count). The summed E-state index contributed by atoms with van der Waals surface area (Å²) in [5.74, 6) is 0.821. The Balaban J connectivity index is 2.06. The number of rotatable bonds is 3. The fourth-order valence-electron chi connectivity index (χ4n) is 1.98. The van der Waals surface area contributed by atoms with E-state index in [2.05, 4.69) is 28.1 Å². The summed E-state index contributed by atoms with van der Waals surface area (Å²) in [7, 11) is 3.70. The van der Waals surface area contributed by atoms with Crippen LogP contribution in [0.5, 0.6) is 5.75 Å². The van der Waals surface area contributed by atoms with Gasteiger partial charge in [0.25, 0.3) is 0 Å². The highest BCUT2D eigenvalue weighted by atomic mass is 32.1. The van der Waals surface area contributed by atoms with Crippen molar-refractivity contribution in [1.82, 2.24) is 4.98 Å². The van der Waals surface area contributed by atoms with Crippen LogP contribution in [0.15, 0.2) is 48.5 Å². The number of hydrogen-bond acceptors (Lipinski definition) is 4. The molecule has 0 fully saturated rings. The molecule has 1 aromatic heterocycles. The number of fused-ring (bicyclic) bond motifs is 1. The van der Waals surface area contributed by atoms with Crippen LogP contribution in [0.25, 0.3) is 10.2 Å². The van der Waals surface area contributed by atoms with Crippen LogP contribution < -0.4 is 9.64 Å². The van der Waals surface area contributed by atoms with Gasteiger partial charge in [0.2, 0.25) is 0 Å². The van der Waals surface area contributed by atoms with E-state index in [1.54, 1.807) is 18.4 Å². The summed E-state index contributed by atoms with van der Waals surface area (Å²) in [4.78, 5) is 6.77. The van der Waals surface area contributed by atoms with Crippen LogP contribution >= 0.6 is 11.3 Å². The Labute approximate surface area is 116 Å². The molecule has 0 amide bonds. The summed E-state index contributed by atoms with van der Waals surface area (Å²) in [6.45, 7) is 0. The predicted molar refractivity (Wildman–Crippen MR) is 80.7 cm³/mol. The van der Waals surface area contributed by atoms with E-state index >= 15 is 0 Å². The van der Waals surface area contributed by atoms with Crippen molar-refractivity contribution in [1.29, 1.82) is 0 Å². The van der Waals surface area contributed by atoms with Gasteiger partial charge in [-0.3, -0.25) is 0 Å². The lowest BCUT2D eigenvalue weighted by Gasteiger charge is -2.15. The van der Waals surface area contributed by atoms with Crippen molar-refractivity contribution in [2.75, 3.05) is 19.1 Å². The molecule has 0 bridgehead atoms. The zero-order valence-electron chi connectivity index (χ0n) is 10.8. The van der Waals surface area contributed by atoms with Gasteiger partial charge in [0, 0.05) is 12.7 Å². The van der Waals surface area contributed by atoms with Gasteiger partial charge < -0.3 is 9.64 Å². The van der Waals surface area contributed by atoms with Crippen molar-refractivity contribution < 1.29 is 4.74 Å². The first kappa shape index (κ1) is 12.0. The largest absolute Gasteiger partial charge is 0.494 e. The van der Waals surface area contributed by atoms with Crippen LogP contribution in [0.1, 0.15) is 0 Å². The number of hydrogen-bond donors (Lipinski definition) is 0. The first-order chi connectivity index (χ1) is 9.29. The monoisotopic (exact) mass is 270 g/mol. The number of benzene rings is 2. The predicted octanol–water partition coefficient (Wildman–Crippen LogP) is 4.07. The highest BCUT2D eigenvalue weighted by Gasteiger charge is 2.12. The summed E-state index contributed by atoms with van der Waals surface area (Å²) < 4.78 is 6.49. The third-order valence-corrected chi connectivity index (χ3v) is 4.12. The van der Waals surface area contributed by atoms with Crippen molar-refractivity contribution in [2.45, 2.75) is 0 Å². The molecule has 0 aliphatic rings. The van der Waals surface area contributed by atoms with Crippen molar-refractivity contribution in [3.63, 3.8) is 0 Å². The van der Waals surface area contributed by atoms with Gasteiger partial charge in [-0.15, -0.1) is 0 Å². The second-order valence-corrected chi connectivity index (χ2v) is 5.21. The molecule has 0 saturated carbocycles. The van der Waals surface area contributed by atoms with E-state index < -0.39 is 0 Å². The molecule has 0 radical (unpaired) electrons. The Morgan fingerprint density at radius 1 is 1.05 bits per heavy atom. The van der Waals surface area contributed by atoms with E-state index in [4.69, 9.17) is 4.74 Å². The summed E-state index contributed by atoms with van der Waals surface area (Å²) >= 11 is 1.66. The standard InChI is InChI=1S/C15H14N2OS/c1-17(11-7-4-3-5-8-11)15-16-14-12(18-2)9-6-10-13(14)19-15/h3-10H,1-2H3. The Hall–Kier alpha value is -2.07. The van der Waals surface area contributed by atoms with Gasteiger partial charge in [-0.2, -0.15) is 0 Å². The number of anilines is 2. The lowest BCUT2D eigenvalue weighted by atomic mass is 10.3. The first-order valence-electron chi connectivity index (χ1n) is 6.02. The molecule has 0 atom stereocenters. The van der Waals surface area contributed by atoms with Crippen LogP contribution in [0.2, 0.25) is 0 Å². The summed E-state index contributed by atoms with van der Waals surface area (Å²) in [5, 5.41) is 0.964. The molecule has 0 N–H and O–H groups in total. The third kappa shape index (κ3) is 2.15. The van der Waals surface area contributed by atoms with Gasteiger partial charge in [-0.05, 0) is 24.3 Å². The first-order valence-corrected chi connectivity index (χ1v) is 6.83. The van der Waals surface area contributed by atoms with Gasteiger partial charge in [-0.1, -0.05) is 35.6 Å². The van der Waals surface area contributed by atoms with Crippen molar-refractivity contribution >= 4 is 32.4 Å². The zero-order chi connectivity index (χ0) is 13.2. The molecule has 4 heteroatoms. The van der Waals surface area contributed by atoms with Crippen LogP contribution in [0.3, 0.4) is 0 Å². The molecule has 96 valence electrons. The quantitative estimate of drug-likeness (QED) is 0.717. The maximum Gasteiger partial charge on any atom is 0.190 e. The minimum atomic E-state index is 0.821. The minimum Gasteiger partial charge on any atom is -0.494 e. The molecule has 0 unspecified atom stereocenters.